The van der Waals surface area contributed by atoms with E-state index in [0.29, 0.717) is 5.78 Å². The molecule has 18 heavy (non-hydrogen) atoms. The van der Waals surface area contributed by atoms with Crippen LogP contribution in [-0.4, -0.2) is 16.9 Å². The second-order valence-corrected chi connectivity index (χ2v) is 6.34. The average molecular weight is 254 g/mol. The predicted octanol–water partition coefficient (Wildman–Crippen LogP) is 3.83. The summed E-state index contributed by atoms with van der Waals surface area (Å²) in [6.07, 6.45) is 2.07. The first-order chi connectivity index (χ1) is 8.05. The molecule has 0 aromatic carbocycles. The van der Waals surface area contributed by atoms with Crippen molar-refractivity contribution in [1.82, 2.24) is 0 Å². The Morgan fingerprint density at radius 2 is 1.78 bits per heavy atom. The second kappa shape index (κ2) is 6.72. The predicted molar refractivity (Wildman–Crippen MR) is 73.5 cm³/mol. The van der Waals surface area contributed by atoms with E-state index < -0.39 is 5.97 Å². The van der Waals surface area contributed by atoms with Crippen molar-refractivity contribution in [3.05, 3.63) is 11.1 Å². The maximum atomic E-state index is 11.4. The molecule has 1 aliphatic rings. The smallest absolute Gasteiger partial charge is 0.303 e. The summed E-state index contributed by atoms with van der Waals surface area (Å²) in [5.41, 5.74) is 2.45. The lowest BCUT2D eigenvalue weighted by Crippen LogP contribution is -2.23. The zero-order valence-corrected chi connectivity index (χ0v) is 12.5. The van der Waals surface area contributed by atoms with Crippen LogP contribution in [0.2, 0.25) is 0 Å². The Kier molecular flexibility index (Phi) is 6.30. The van der Waals surface area contributed by atoms with Crippen LogP contribution >= 0.6 is 0 Å². The van der Waals surface area contributed by atoms with Gasteiger partial charge in [0.1, 0.15) is 0 Å². The highest BCUT2D eigenvalue weighted by Gasteiger charge is 2.28. The van der Waals surface area contributed by atoms with Crippen LogP contribution in [0.3, 0.4) is 0 Å². The van der Waals surface area contributed by atoms with E-state index in [-0.39, 0.29) is 17.8 Å². The van der Waals surface area contributed by atoms with Gasteiger partial charge in [0.25, 0.3) is 0 Å². The van der Waals surface area contributed by atoms with Crippen molar-refractivity contribution >= 4 is 11.8 Å². The summed E-state index contributed by atoms with van der Waals surface area (Å²) >= 11 is 0. The van der Waals surface area contributed by atoms with E-state index in [1.54, 1.807) is 0 Å². The summed E-state index contributed by atoms with van der Waals surface area (Å²) in [5.74, 6) is -0.105. The fourth-order valence-corrected chi connectivity index (χ4v) is 2.07. The van der Waals surface area contributed by atoms with Crippen molar-refractivity contribution in [1.29, 1.82) is 0 Å². The van der Waals surface area contributed by atoms with Gasteiger partial charge >= 0.3 is 5.97 Å². The van der Waals surface area contributed by atoms with E-state index in [4.69, 9.17) is 5.11 Å². The van der Waals surface area contributed by atoms with Crippen LogP contribution in [0.25, 0.3) is 0 Å². The van der Waals surface area contributed by atoms with Crippen LogP contribution in [0.4, 0.5) is 0 Å². The molecule has 1 aliphatic carbocycles. The number of hydrogen-bond donors (Lipinski definition) is 1. The normalized spacial score (nSPS) is 18.5. The molecule has 0 bridgehead atoms. The Hall–Kier alpha value is -1.12. The van der Waals surface area contributed by atoms with Gasteiger partial charge in [0, 0.05) is 12.8 Å². The molecule has 3 nitrogen and oxygen atoms in total. The molecule has 0 spiro atoms. The minimum absolute atomic E-state index is 0.195. The fraction of sp³-hybridized carbons (Fsp3) is 0.733. The van der Waals surface area contributed by atoms with Crippen LogP contribution < -0.4 is 0 Å². The van der Waals surface area contributed by atoms with Crippen molar-refractivity contribution in [2.24, 2.45) is 11.3 Å². The van der Waals surface area contributed by atoms with Crippen LogP contribution in [0, 0.1) is 11.3 Å². The van der Waals surface area contributed by atoms with Crippen LogP contribution in [0.1, 0.15) is 60.8 Å². The van der Waals surface area contributed by atoms with Crippen molar-refractivity contribution in [2.45, 2.75) is 60.8 Å². The highest BCUT2D eigenvalue weighted by molar-refractivity contribution is 5.96. The summed E-state index contributed by atoms with van der Waals surface area (Å²) in [5, 5.41) is 8.08. The molecule has 0 amide bonds. The molecule has 1 N–H and O–H groups in total. The minimum Gasteiger partial charge on any atom is -0.481 e. The Morgan fingerprint density at radius 1 is 1.28 bits per heavy atom. The number of allylic oxidation sites excluding steroid dienone is 2. The van der Waals surface area contributed by atoms with E-state index in [1.165, 1.54) is 5.57 Å². The van der Waals surface area contributed by atoms with Crippen molar-refractivity contribution in [2.75, 3.05) is 0 Å². The lowest BCUT2D eigenvalue weighted by Gasteiger charge is -2.29. The third-order valence-corrected chi connectivity index (χ3v) is 3.02. The van der Waals surface area contributed by atoms with Gasteiger partial charge in [-0.2, -0.15) is 0 Å². The first-order valence-corrected chi connectivity index (χ1v) is 6.46. The molecule has 104 valence electrons. The van der Waals surface area contributed by atoms with Gasteiger partial charge in [-0.25, -0.2) is 0 Å². The number of ketones is 1. The van der Waals surface area contributed by atoms with Crippen molar-refractivity contribution < 1.29 is 14.7 Å². The number of rotatable bonds is 2. The van der Waals surface area contributed by atoms with Crippen molar-refractivity contribution in [3.8, 4) is 0 Å². The van der Waals surface area contributed by atoms with E-state index in [2.05, 4.69) is 20.8 Å². The molecular formula is C15H26O3. The highest BCUT2D eigenvalue weighted by Crippen LogP contribution is 2.36. The molecule has 0 radical (unpaired) electrons. The number of carbonyl (C=O) groups excluding carboxylic acids is 1. The second-order valence-electron chi connectivity index (χ2n) is 6.34. The fourth-order valence-electron chi connectivity index (χ4n) is 2.07. The molecule has 1 rings (SSSR count). The average Bonchev–Trinajstić information content (AvgIpc) is 2.11. The lowest BCUT2D eigenvalue weighted by molar-refractivity contribution is -0.137. The molecule has 0 unspecified atom stereocenters. The van der Waals surface area contributed by atoms with Crippen LogP contribution in [-0.2, 0) is 9.59 Å². The summed E-state index contributed by atoms with van der Waals surface area (Å²) in [6, 6.07) is 0. The van der Waals surface area contributed by atoms with Crippen molar-refractivity contribution in [3.63, 3.8) is 0 Å². The van der Waals surface area contributed by atoms with Crippen LogP contribution in [0.15, 0.2) is 11.1 Å². The molecular weight excluding hydrogens is 228 g/mol. The maximum absolute atomic E-state index is 11.4. The minimum atomic E-state index is -0.713. The maximum Gasteiger partial charge on any atom is 0.303 e. The first kappa shape index (κ1) is 16.9. The molecule has 0 fully saturated rings. The van der Waals surface area contributed by atoms with Gasteiger partial charge in [-0.15, -0.1) is 0 Å². The largest absolute Gasteiger partial charge is 0.481 e. The number of aliphatic carboxylic acids is 1. The summed E-state index contributed by atoms with van der Waals surface area (Å²) < 4.78 is 0. The third kappa shape index (κ3) is 6.58. The number of carbonyl (C=O) groups is 2. The van der Waals surface area contributed by atoms with E-state index in [0.717, 1.165) is 18.4 Å². The number of carboxylic acid groups (broad SMARTS) is 1. The van der Waals surface area contributed by atoms with Gasteiger partial charge in [0.2, 0.25) is 0 Å². The topological polar surface area (TPSA) is 54.4 Å². The first-order valence-electron chi connectivity index (χ1n) is 6.46. The van der Waals surface area contributed by atoms with Gasteiger partial charge in [0.15, 0.2) is 5.78 Å². The Balaban J connectivity index is 0.000000360. The number of carboxylic acids is 1. The molecule has 0 aromatic rings. The molecule has 0 saturated heterocycles. The van der Waals surface area contributed by atoms with Crippen LogP contribution in [0.5, 0.6) is 0 Å². The SMILES string of the molecule is CC(C)CC(=O)O.CC1=C(C)C(=O)CC(C)(C)C1. The quantitative estimate of drug-likeness (QED) is 0.814. The van der Waals surface area contributed by atoms with E-state index in [9.17, 15) is 9.59 Å². The Morgan fingerprint density at radius 3 is 2.06 bits per heavy atom. The molecule has 0 aromatic heterocycles. The number of Topliss-reactive ketones (excluding diaryl/α,β-unsaturated/α-hetero) is 1. The lowest BCUT2D eigenvalue weighted by atomic mass is 9.74. The molecule has 3 heteroatoms. The standard InChI is InChI=1S/C10H16O.C5H10O2/c1-7-5-10(3,4)6-9(11)8(7)2;1-4(2)3-5(6)7/h5-6H2,1-4H3;4H,3H2,1-2H3,(H,6,7). The van der Waals surface area contributed by atoms with Gasteiger partial charge < -0.3 is 5.11 Å². The Bertz CT molecular complexity index is 349. The Labute approximate surface area is 110 Å². The molecule has 0 atom stereocenters. The van der Waals surface area contributed by atoms with Gasteiger partial charge in [-0.05, 0) is 37.2 Å². The molecule has 0 saturated carbocycles. The van der Waals surface area contributed by atoms with Gasteiger partial charge in [0.05, 0.1) is 0 Å². The molecule has 0 heterocycles. The summed E-state index contributed by atoms with van der Waals surface area (Å²) in [6.45, 7) is 12.1. The van der Waals surface area contributed by atoms with E-state index in [1.807, 2.05) is 20.8 Å². The zero-order valence-electron chi connectivity index (χ0n) is 12.5. The third-order valence-electron chi connectivity index (χ3n) is 3.02. The molecule has 0 aliphatic heterocycles. The highest BCUT2D eigenvalue weighted by atomic mass is 16.4. The monoisotopic (exact) mass is 254 g/mol. The summed E-state index contributed by atoms with van der Waals surface area (Å²) in [4.78, 5) is 21.2. The zero-order chi connectivity index (χ0) is 14.5. The van der Waals surface area contributed by atoms with Gasteiger partial charge in [-0.3, -0.25) is 9.59 Å². The summed E-state index contributed by atoms with van der Waals surface area (Å²) in [7, 11) is 0. The number of hydrogen-bond acceptors (Lipinski definition) is 2. The van der Waals surface area contributed by atoms with Gasteiger partial charge in [-0.1, -0.05) is 33.3 Å². The van der Waals surface area contributed by atoms with E-state index >= 15 is 0 Å².